The summed E-state index contributed by atoms with van der Waals surface area (Å²) in [6, 6.07) is 4.93. The maximum atomic E-state index is 11.9. The van der Waals surface area contributed by atoms with Gasteiger partial charge in [-0.05, 0) is 37.1 Å². The molecule has 1 aromatic carbocycles. The second-order valence-electron chi connectivity index (χ2n) is 3.68. The molecule has 0 aliphatic heterocycles. The van der Waals surface area contributed by atoms with E-state index in [1.807, 2.05) is 0 Å². The van der Waals surface area contributed by atoms with Gasteiger partial charge in [0.25, 0.3) is 0 Å². The zero-order valence-electron chi connectivity index (χ0n) is 9.67. The van der Waals surface area contributed by atoms with E-state index in [1.54, 1.807) is 6.08 Å². The van der Waals surface area contributed by atoms with Gasteiger partial charge in [0.2, 0.25) is 0 Å². The Hall–Kier alpha value is -1.78. The van der Waals surface area contributed by atoms with Crippen molar-refractivity contribution in [3.8, 4) is 5.75 Å². The molecule has 0 fully saturated rings. The van der Waals surface area contributed by atoms with E-state index in [1.165, 1.54) is 12.1 Å². The largest absolute Gasteiger partial charge is 0.573 e. The third kappa shape index (κ3) is 5.03. The number of unbranched alkanes of at least 4 members (excludes halogenated alkanes) is 1. The molecule has 18 heavy (non-hydrogen) atoms. The van der Waals surface area contributed by atoms with Gasteiger partial charge in [0.05, 0.1) is 0 Å². The van der Waals surface area contributed by atoms with Crippen LogP contribution in [0.15, 0.2) is 36.9 Å². The number of benzene rings is 1. The maximum absolute atomic E-state index is 11.9. The number of Topliss-reactive ketones (excluding diaryl/α,β-unsaturated/α-hetero) is 1. The van der Waals surface area contributed by atoms with Crippen molar-refractivity contribution >= 4 is 5.78 Å². The van der Waals surface area contributed by atoms with E-state index in [4.69, 9.17) is 0 Å². The first-order valence-corrected chi connectivity index (χ1v) is 5.42. The summed E-state index contributed by atoms with van der Waals surface area (Å²) in [5, 5.41) is 0. The third-order valence-electron chi connectivity index (χ3n) is 2.22. The smallest absolute Gasteiger partial charge is 0.406 e. The molecular formula is C13H13F3O2. The molecule has 0 saturated carbocycles. The van der Waals surface area contributed by atoms with E-state index in [0.717, 1.165) is 18.6 Å². The van der Waals surface area contributed by atoms with E-state index in [-0.39, 0.29) is 11.5 Å². The summed E-state index contributed by atoms with van der Waals surface area (Å²) in [6.45, 7) is 3.54. The second kappa shape index (κ2) is 6.23. The molecule has 1 aromatic rings. The Kier molecular flexibility index (Phi) is 4.95. The Labute approximate surface area is 103 Å². The van der Waals surface area contributed by atoms with Crippen LogP contribution in [0.4, 0.5) is 13.2 Å². The van der Waals surface area contributed by atoms with Crippen molar-refractivity contribution in [1.29, 1.82) is 0 Å². The number of ether oxygens (including phenoxy) is 1. The van der Waals surface area contributed by atoms with E-state index in [9.17, 15) is 18.0 Å². The van der Waals surface area contributed by atoms with Gasteiger partial charge >= 0.3 is 6.36 Å². The minimum absolute atomic E-state index is 0.101. The number of carbonyl (C=O) groups excluding carboxylic acids is 1. The lowest BCUT2D eigenvalue weighted by atomic mass is 10.1. The molecule has 0 radical (unpaired) electrons. The van der Waals surface area contributed by atoms with Crippen molar-refractivity contribution < 1.29 is 22.7 Å². The Morgan fingerprint density at radius 2 is 1.89 bits per heavy atom. The molecule has 0 aromatic heterocycles. The van der Waals surface area contributed by atoms with Gasteiger partial charge in [-0.1, -0.05) is 6.08 Å². The zero-order chi connectivity index (χ0) is 13.6. The lowest BCUT2D eigenvalue weighted by molar-refractivity contribution is -0.274. The van der Waals surface area contributed by atoms with E-state index in [2.05, 4.69) is 11.3 Å². The molecule has 0 heterocycles. The molecule has 1 rings (SSSR count). The first-order valence-electron chi connectivity index (χ1n) is 5.42. The van der Waals surface area contributed by atoms with Crippen molar-refractivity contribution in [2.45, 2.75) is 25.6 Å². The Balaban J connectivity index is 2.59. The monoisotopic (exact) mass is 258 g/mol. The average molecular weight is 258 g/mol. The van der Waals surface area contributed by atoms with Crippen LogP contribution in [0.2, 0.25) is 0 Å². The molecule has 0 saturated heterocycles. The number of ketones is 1. The summed E-state index contributed by atoms with van der Waals surface area (Å²) in [4.78, 5) is 11.6. The molecule has 0 N–H and O–H groups in total. The predicted octanol–water partition coefficient (Wildman–Crippen LogP) is 4.12. The first-order chi connectivity index (χ1) is 8.42. The van der Waals surface area contributed by atoms with Crippen molar-refractivity contribution in [2.75, 3.05) is 0 Å². The van der Waals surface area contributed by atoms with Gasteiger partial charge in [-0.25, -0.2) is 0 Å². The fourth-order valence-corrected chi connectivity index (χ4v) is 1.39. The maximum Gasteiger partial charge on any atom is 0.573 e. The highest BCUT2D eigenvalue weighted by Gasteiger charge is 2.30. The third-order valence-corrected chi connectivity index (χ3v) is 2.22. The minimum Gasteiger partial charge on any atom is -0.406 e. The Morgan fingerprint density at radius 3 is 2.39 bits per heavy atom. The Bertz CT molecular complexity index is 407. The summed E-state index contributed by atoms with van der Waals surface area (Å²) in [6.07, 6.45) is -1.22. The van der Waals surface area contributed by atoms with E-state index in [0.29, 0.717) is 18.4 Å². The van der Waals surface area contributed by atoms with Gasteiger partial charge in [0.1, 0.15) is 5.75 Å². The van der Waals surface area contributed by atoms with Gasteiger partial charge in [0.15, 0.2) is 5.78 Å². The highest BCUT2D eigenvalue weighted by atomic mass is 19.4. The number of carbonyl (C=O) groups is 1. The minimum atomic E-state index is -4.71. The molecule has 0 bridgehead atoms. The lowest BCUT2D eigenvalue weighted by Gasteiger charge is -2.08. The molecule has 2 nitrogen and oxygen atoms in total. The fraction of sp³-hybridized carbons (Fsp3) is 0.308. The van der Waals surface area contributed by atoms with Gasteiger partial charge in [-0.2, -0.15) is 0 Å². The number of rotatable bonds is 6. The van der Waals surface area contributed by atoms with E-state index < -0.39 is 6.36 Å². The lowest BCUT2D eigenvalue weighted by Crippen LogP contribution is -2.17. The van der Waals surface area contributed by atoms with Crippen LogP contribution >= 0.6 is 0 Å². The number of hydrogen-bond acceptors (Lipinski definition) is 2. The molecule has 0 unspecified atom stereocenters. The second-order valence-corrected chi connectivity index (χ2v) is 3.68. The molecule has 98 valence electrons. The summed E-state index contributed by atoms with van der Waals surface area (Å²) in [5.74, 6) is -0.430. The van der Waals surface area contributed by atoms with Gasteiger partial charge < -0.3 is 4.74 Å². The molecular weight excluding hydrogens is 245 g/mol. The van der Waals surface area contributed by atoms with Crippen molar-refractivity contribution in [1.82, 2.24) is 0 Å². The standard InChI is InChI=1S/C13H13F3O2/c1-2-3-4-5-12(17)10-6-8-11(9-7-10)18-13(14,15)16/h2,6-9H,1,3-5H2. The average Bonchev–Trinajstić information content (AvgIpc) is 2.28. The summed E-state index contributed by atoms with van der Waals surface area (Å²) in [7, 11) is 0. The number of allylic oxidation sites excluding steroid dienone is 1. The summed E-state index contributed by atoms with van der Waals surface area (Å²) < 4.78 is 39.4. The van der Waals surface area contributed by atoms with Gasteiger partial charge in [-0.15, -0.1) is 19.8 Å². The van der Waals surface area contributed by atoms with Crippen LogP contribution in [-0.4, -0.2) is 12.1 Å². The SMILES string of the molecule is C=CCCCC(=O)c1ccc(OC(F)(F)F)cc1. The summed E-state index contributed by atoms with van der Waals surface area (Å²) in [5.41, 5.74) is 0.383. The van der Waals surface area contributed by atoms with Crippen LogP contribution in [0.5, 0.6) is 5.75 Å². The number of alkyl halides is 3. The van der Waals surface area contributed by atoms with Crippen molar-refractivity contribution in [2.24, 2.45) is 0 Å². The molecule has 0 amide bonds. The van der Waals surface area contributed by atoms with Crippen LogP contribution in [-0.2, 0) is 0 Å². The molecule has 0 aliphatic carbocycles. The van der Waals surface area contributed by atoms with Crippen LogP contribution in [0.25, 0.3) is 0 Å². The molecule has 5 heteroatoms. The highest BCUT2D eigenvalue weighted by molar-refractivity contribution is 5.96. The normalized spacial score (nSPS) is 11.1. The van der Waals surface area contributed by atoms with E-state index >= 15 is 0 Å². The quantitative estimate of drug-likeness (QED) is 0.436. The highest BCUT2D eigenvalue weighted by Crippen LogP contribution is 2.23. The van der Waals surface area contributed by atoms with Crippen LogP contribution in [0, 0.1) is 0 Å². The van der Waals surface area contributed by atoms with Crippen molar-refractivity contribution in [3.63, 3.8) is 0 Å². The summed E-state index contributed by atoms with van der Waals surface area (Å²) >= 11 is 0. The van der Waals surface area contributed by atoms with Crippen LogP contribution in [0.1, 0.15) is 29.6 Å². The topological polar surface area (TPSA) is 26.3 Å². The number of halogens is 3. The number of hydrogen-bond donors (Lipinski definition) is 0. The van der Waals surface area contributed by atoms with Crippen molar-refractivity contribution in [3.05, 3.63) is 42.5 Å². The molecule has 0 atom stereocenters. The van der Waals surface area contributed by atoms with Crippen LogP contribution < -0.4 is 4.74 Å². The fourth-order valence-electron chi connectivity index (χ4n) is 1.39. The molecule has 0 aliphatic rings. The zero-order valence-corrected chi connectivity index (χ0v) is 9.67. The predicted molar refractivity (Wildman–Crippen MR) is 61.5 cm³/mol. The Morgan fingerprint density at radius 1 is 1.28 bits per heavy atom. The first kappa shape index (κ1) is 14.3. The van der Waals surface area contributed by atoms with Gasteiger partial charge in [-0.3, -0.25) is 4.79 Å². The molecule has 0 spiro atoms. The van der Waals surface area contributed by atoms with Gasteiger partial charge in [0, 0.05) is 12.0 Å². The van der Waals surface area contributed by atoms with Crippen LogP contribution in [0.3, 0.4) is 0 Å².